The van der Waals surface area contributed by atoms with E-state index in [1.54, 1.807) is 0 Å². The van der Waals surface area contributed by atoms with Crippen LogP contribution < -0.4 is 10.2 Å². The van der Waals surface area contributed by atoms with Crippen LogP contribution in [-0.4, -0.2) is 51.1 Å². The lowest BCUT2D eigenvalue weighted by Crippen LogP contribution is -2.37. The summed E-state index contributed by atoms with van der Waals surface area (Å²) in [5, 5.41) is 15.4. The number of aromatic nitrogens is 5. The minimum atomic E-state index is -0.244. The predicted octanol–water partition coefficient (Wildman–Crippen LogP) is 3.94. The number of morpholine rings is 1. The molecule has 32 heavy (non-hydrogen) atoms. The Hall–Kier alpha value is -3.46. The van der Waals surface area contributed by atoms with Crippen LogP contribution in [0, 0.1) is 19.7 Å². The van der Waals surface area contributed by atoms with Crippen LogP contribution in [0.5, 0.6) is 0 Å². The molecular weight excluding hydrogens is 409 g/mol. The zero-order valence-electron chi connectivity index (χ0n) is 18.4. The van der Waals surface area contributed by atoms with Gasteiger partial charge in [0.15, 0.2) is 11.5 Å². The maximum absolute atomic E-state index is 13.5. The predicted molar refractivity (Wildman–Crippen MR) is 121 cm³/mol. The number of hydrogen-bond acceptors (Lipinski definition) is 6. The van der Waals surface area contributed by atoms with Gasteiger partial charge in [0.25, 0.3) is 0 Å². The molecule has 0 bridgehead atoms. The van der Waals surface area contributed by atoms with Gasteiger partial charge in [0.05, 0.1) is 18.9 Å². The van der Waals surface area contributed by atoms with Crippen molar-refractivity contribution in [2.75, 3.05) is 36.5 Å². The molecule has 0 unspecified atom stereocenters. The Kier molecular flexibility index (Phi) is 5.26. The lowest BCUT2D eigenvalue weighted by atomic mass is 9.93. The first-order valence-electron chi connectivity index (χ1n) is 10.8. The average Bonchev–Trinajstić information content (AvgIpc) is 3.35. The van der Waals surface area contributed by atoms with Gasteiger partial charge in [-0.3, -0.25) is 5.10 Å². The maximum Gasteiger partial charge on any atom is 0.163 e. The van der Waals surface area contributed by atoms with Gasteiger partial charge in [0.2, 0.25) is 0 Å². The van der Waals surface area contributed by atoms with Crippen molar-refractivity contribution in [3.8, 4) is 0 Å². The molecule has 0 spiro atoms. The second kappa shape index (κ2) is 8.23. The molecule has 1 aromatic carbocycles. The van der Waals surface area contributed by atoms with Gasteiger partial charge in [-0.2, -0.15) is 14.7 Å². The SMILES string of the molecule is Cc1cc(Nc2cc(N3CCOCC3)n3nc(C)c([C@H](C)c4ccc(F)cc4)c3n2)n[nH]1. The number of halogens is 1. The van der Waals surface area contributed by atoms with Crippen LogP contribution in [-0.2, 0) is 4.74 Å². The largest absolute Gasteiger partial charge is 0.378 e. The van der Waals surface area contributed by atoms with Crippen LogP contribution in [0.3, 0.4) is 0 Å². The van der Waals surface area contributed by atoms with Gasteiger partial charge < -0.3 is 15.0 Å². The third kappa shape index (κ3) is 3.80. The molecular formula is C23H26FN7O. The number of fused-ring (bicyclic) bond motifs is 1. The summed E-state index contributed by atoms with van der Waals surface area (Å²) < 4.78 is 20.9. The van der Waals surface area contributed by atoms with Crippen LogP contribution >= 0.6 is 0 Å². The first kappa shape index (κ1) is 20.4. The molecule has 1 saturated heterocycles. The van der Waals surface area contributed by atoms with Crippen molar-refractivity contribution in [2.45, 2.75) is 26.7 Å². The summed E-state index contributed by atoms with van der Waals surface area (Å²) in [6.07, 6.45) is 0. The summed E-state index contributed by atoms with van der Waals surface area (Å²) in [7, 11) is 0. The van der Waals surface area contributed by atoms with Crippen molar-refractivity contribution in [2.24, 2.45) is 0 Å². The van der Waals surface area contributed by atoms with E-state index in [1.165, 1.54) is 12.1 Å². The fourth-order valence-corrected chi connectivity index (χ4v) is 4.24. The van der Waals surface area contributed by atoms with Gasteiger partial charge in [0.1, 0.15) is 17.5 Å². The summed E-state index contributed by atoms with van der Waals surface area (Å²) in [5.41, 5.74) is 4.68. The molecule has 166 valence electrons. The number of ether oxygens (including phenoxy) is 1. The molecule has 5 rings (SSSR count). The molecule has 1 aliphatic rings. The molecule has 3 aromatic heterocycles. The first-order valence-corrected chi connectivity index (χ1v) is 10.8. The van der Waals surface area contributed by atoms with Crippen molar-refractivity contribution < 1.29 is 9.13 Å². The number of hydrogen-bond donors (Lipinski definition) is 2. The standard InChI is InChI=1S/C23H26FN7O/c1-14-12-20(28-27-14)25-19-13-21(30-8-10-32-11-9-30)31-23(26-19)22(16(3)29-31)15(2)17-4-6-18(24)7-5-17/h4-7,12-13,15H,8-11H2,1-3H3,(H2,25,26,27,28)/t15-/m1/s1. The smallest absolute Gasteiger partial charge is 0.163 e. The van der Waals surface area contributed by atoms with Gasteiger partial charge in [-0.1, -0.05) is 19.1 Å². The van der Waals surface area contributed by atoms with Crippen molar-refractivity contribution in [1.82, 2.24) is 24.8 Å². The quantitative estimate of drug-likeness (QED) is 0.494. The minimum absolute atomic E-state index is 0.000942. The Morgan fingerprint density at radius 3 is 2.53 bits per heavy atom. The average molecular weight is 436 g/mol. The Labute approximate surface area is 185 Å². The van der Waals surface area contributed by atoms with Gasteiger partial charge in [-0.05, 0) is 31.5 Å². The molecule has 9 heteroatoms. The van der Waals surface area contributed by atoms with E-state index in [2.05, 4.69) is 27.3 Å². The second-order valence-corrected chi connectivity index (χ2v) is 8.17. The topological polar surface area (TPSA) is 83.4 Å². The number of nitrogens with one attached hydrogen (secondary N) is 2. The van der Waals surface area contributed by atoms with Crippen molar-refractivity contribution >= 4 is 23.1 Å². The fourth-order valence-electron chi connectivity index (χ4n) is 4.24. The van der Waals surface area contributed by atoms with Crippen molar-refractivity contribution in [3.63, 3.8) is 0 Å². The van der Waals surface area contributed by atoms with Crippen molar-refractivity contribution in [3.05, 3.63) is 64.7 Å². The molecule has 2 N–H and O–H groups in total. The van der Waals surface area contributed by atoms with E-state index in [0.29, 0.717) is 24.8 Å². The molecule has 0 radical (unpaired) electrons. The monoisotopic (exact) mass is 435 g/mol. The van der Waals surface area contributed by atoms with Gasteiger partial charge in [-0.15, -0.1) is 0 Å². The van der Waals surface area contributed by atoms with Crippen molar-refractivity contribution in [1.29, 1.82) is 0 Å². The second-order valence-electron chi connectivity index (χ2n) is 8.17. The van der Waals surface area contributed by atoms with E-state index in [4.69, 9.17) is 14.8 Å². The normalized spacial score (nSPS) is 15.3. The molecule has 0 saturated carbocycles. The van der Waals surface area contributed by atoms with E-state index in [1.807, 2.05) is 42.6 Å². The summed E-state index contributed by atoms with van der Waals surface area (Å²) in [4.78, 5) is 7.19. The molecule has 4 aromatic rings. The van der Waals surface area contributed by atoms with Crippen LogP contribution in [0.2, 0.25) is 0 Å². The molecule has 1 atom stereocenters. The zero-order valence-corrected chi connectivity index (χ0v) is 18.4. The highest BCUT2D eigenvalue weighted by molar-refractivity contribution is 5.67. The van der Waals surface area contributed by atoms with Gasteiger partial charge in [-0.25, -0.2) is 9.37 Å². The molecule has 1 fully saturated rings. The molecule has 0 amide bonds. The lowest BCUT2D eigenvalue weighted by Gasteiger charge is -2.29. The number of benzene rings is 1. The minimum Gasteiger partial charge on any atom is -0.378 e. The highest BCUT2D eigenvalue weighted by atomic mass is 19.1. The summed E-state index contributed by atoms with van der Waals surface area (Å²) in [5.74, 6) is 2.11. The van der Waals surface area contributed by atoms with E-state index < -0.39 is 0 Å². The summed E-state index contributed by atoms with van der Waals surface area (Å²) in [6, 6.07) is 10.6. The molecule has 1 aliphatic heterocycles. The highest BCUT2D eigenvalue weighted by Crippen LogP contribution is 2.33. The third-order valence-electron chi connectivity index (χ3n) is 5.89. The fraction of sp³-hybridized carbons (Fsp3) is 0.348. The number of aryl methyl sites for hydroxylation is 2. The Balaban J connectivity index is 1.64. The highest BCUT2D eigenvalue weighted by Gasteiger charge is 2.24. The van der Waals surface area contributed by atoms with Crippen LogP contribution in [0.25, 0.3) is 5.65 Å². The van der Waals surface area contributed by atoms with Gasteiger partial charge in [0, 0.05) is 42.4 Å². The lowest BCUT2D eigenvalue weighted by molar-refractivity contribution is 0.122. The first-order chi connectivity index (χ1) is 15.5. The van der Waals surface area contributed by atoms with E-state index in [9.17, 15) is 4.39 Å². The van der Waals surface area contributed by atoms with Gasteiger partial charge >= 0.3 is 0 Å². The van der Waals surface area contributed by atoms with Crippen LogP contribution in [0.1, 0.15) is 35.4 Å². The molecule has 4 heterocycles. The molecule has 0 aliphatic carbocycles. The van der Waals surface area contributed by atoms with Crippen LogP contribution in [0.15, 0.2) is 36.4 Å². The maximum atomic E-state index is 13.5. The van der Waals surface area contributed by atoms with E-state index in [-0.39, 0.29) is 11.7 Å². The van der Waals surface area contributed by atoms with E-state index >= 15 is 0 Å². The Bertz CT molecular complexity index is 1240. The number of H-pyrrole nitrogens is 1. The summed E-state index contributed by atoms with van der Waals surface area (Å²) >= 11 is 0. The van der Waals surface area contributed by atoms with E-state index in [0.717, 1.165) is 47.1 Å². The van der Waals surface area contributed by atoms with Crippen LogP contribution in [0.4, 0.5) is 21.8 Å². The number of aromatic amines is 1. The Morgan fingerprint density at radius 1 is 1.09 bits per heavy atom. The zero-order chi connectivity index (χ0) is 22.2. The Morgan fingerprint density at radius 2 is 1.84 bits per heavy atom. The number of nitrogens with zero attached hydrogens (tertiary/aromatic N) is 5. The number of anilines is 3. The number of rotatable bonds is 5. The third-order valence-corrected chi connectivity index (χ3v) is 5.89. The molecule has 8 nitrogen and oxygen atoms in total. The summed E-state index contributed by atoms with van der Waals surface area (Å²) in [6.45, 7) is 8.96.